The van der Waals surface area contributed by atoms with E-state index in [0.717, 1.165) is 37.1 Å². The van der Waals surface area contributed by atoms with Crippen LogP contribution in [0.1, 0.15) is 58.4 Å². The number of hydrogen-bond acceptors (Lipinski definition) is 9. The van der Waals surface area contributed by atoms with Crippen molar-refractivity contribution < 1.29 is 23.0 Å². The zero-order valence-corrected chi connectivity index (χ0v) is 23.5. The Kier molecular flexibility index (Phi) is 5.92. The maximum absolute atomic E-state index is 13.4. The van der Waals surface area contributed by atoms with Crippen LogP contribution < -0.4 is 15.4 Å². The number of nitrogens with two attached hydrogens (primary N) is 1. The third kappa shape index (κ3) is 4.01. The van der Waals surface area contributed by atoms with Gasteiger partial charge in [0.25, 0.3) is 5.91 Å². The van der Waals surface area contributed by atoms with Gasteiger partial charge < -0.3 is 25.0 Å². The largest absolute Gasteiger partial charge is 0.434 e. The summed E-state index contributed by atoms with van der Waals surface area (Å²) in [5.41, 5.74) is 10.7. The highest BCUT2D eigenvalue weighted by Gasteiger charge is 2.47. The molecule has 3 aromatic heterocycles. The van der Waals surface area contributed by atoms with Gasteiger partial charge in [-0.1, -0.05) is 6.07 Å². The fourth-order valence-corrected chi connectivity index (χ4v) is 7.34. The predicted molar refractivity (Wildman–Crippen MR) is 151 cm³/mol. The second-order valence-electron chi connectivity index (χ2n) is 11.9. The van der Waals surface area contributed by atoms with Crippen molar-refractivity contribution >= 4 is 17.5 Å². The van der Waals surface area contributed by atoms with Gasteiger partial charge in [0.15, 0.2) is 5.65 Å². The quantitative estimate of drug-likeness (QED) is 0.382. The van der Waals surface area contributed by atoms with Crippen molar-refractivity contribution in [2.75, 3.05) is 38.3 Å². The lowest BCUT2D eigenvalue weighted by Gasteiger charge is -2.40. The highest BCUT2D eigenvalue weighted by molar-refractivity contribution is 5.98. The minimum Gasteiger partial charge on any atom is -0.434 e. The molecule has 1 spiro atoms. The van der Waals surface area contributed by atoms with E-state index < -0.39 is 12.5 Å². The Balaban J connectivity index is 1.13. The molecule has 222 valence electrons. The van der Waals surface area contributed by atoms with E-state index in [2.05, 4.69) is 14.9 Å². The number of hydrogen-bond donors (Lipinski definition) is 1. The van der Waals surface area contributed by atoms with Gasteiger partial charge in [-0.25, -0.2) is 19.5 Å². The number of carbonyl (C=O) groups is 1. The Morgan fingerprint density at radius 3 is 2.65 bits per heavy atom. The smallest absolute Gasteiger partial charge is 0.387 e. The second-order valence-corrected chi connectivity index (χ2v) is 11.9. The maximum Gasteiger partial charge on any atom is 0.387 e. The van der Waals surface area contributed by atoms with Gasteiger partial charge in [-0.2, -0.15) is 13.9 Å². The van der Waals surface area contributed by atoms with E-state index in [4.69, 9.17) is 25.3 Å². The number of fused-ring (bicyclic) bond motifs is 9. The average Bonchev–Trinajstić information content (AvgIpc) is 3.66. The van der Waals surface area contributed by atoms with E-state index in [1.807, 2.05) is 12.3 Å². The summed E-state index contributed by atoms with van der Waals surface area (Å²) in [6, 6.07) is 6.31. The van der Waals surface area contributed by atoms with E-state index in [9.17, 15) is 13.6 Å². The fourth-order valence-electron chi connectivity index (χ4n) is 7.34. The van der Waals surface area contributed by atoms with Gasteiger partial charge in [0, 0.05) is 78.4 Å². The van der Waals surface area contributed by atoms with Crippen molar-refractivity contribution in [2.24, 2.45) is 11.1 Å². The molecule has 0 radical (unpaired) electrons. The van der Waals surface area contributed by atoms with E-state index in [1.165, 1.54) is 6.07 Å². The first-order chi connectivity index (χ1) is 20.8. The van der Waals surface area contributed by atoms with Gasteiger partial charge in [0.1, 0.15) is 5.75 Å². The first-order valence-electron chi connectivity index (χ1n) is 14.5. The van der Waals surface area contributed by atoms with Gasteiger partial charge in [-0.3, -0.25) is 4.79 Å². The average molecular weight is 589 g/mol. The number of rotatable bonds is 4. The molecule has 1 aliphatic carbocycles. The molecule has 2 saturated heterocycles. The molecule has 11 nitrogen and oxygen atoms in total. The minimum atomic E-state index is -3.02. The Labute approximate surface area is 245 Å². The molecule has 13 heteroatoms. The van der Waals surface area contributed by atoms with Crippen molar-refractivity contribution in [1.82, 2.24) is 29.5 Å². The van der Waals surface area contributed by atoms with Gasteiger partial charge >= 0.3 is 6.61 Å². The van der Waals surface area contributed by atoms with Crippen LogP contribution in [0.15, 0.2) is 42.9 Å². The van der Waals surface area contributed by atoms with Crippen LogP contribution in [-0.2, 0) is 4.74 Å². The maximum atomic E-state index is 13.4. The van der Waals surface area contributed by atoms with Crippen LogP contribution in [0.25, 0.3) is 16.9 Å². The number of amides is 1. The first-order valence-corrected chi connectivity index (χ1v) is 14.5. The van der Waals surface area contributed by atoms with Crippen molar-refractivity contribution in [1.29, 1.82) is 0 Å². The minimum absolute atomic E-state index is 0.00156. The van der Waals surface area contributed by atoms with Crippen LogP contribution in [0.4, 0.5) is 14.7 Å². The lowest BCUT2D eigenvalue weighted by Crippen LogP contribution is -2.49. The number of halogens is 2. The molecule has 6 heterocycles. The van der Waals surface area contributed by atoms with Crippen LogP contribution in [0, 0.1) is 5.41 Å². The van der Waals surface area contributed by atoms with Crippen molar-refractivity contribution in [2.45, 2.75) is 43.9 Å². The van der Waals surface area contributed by atoms with Gasteiger partial charge in [0.2, 0.25) is 5.95 Å². The molecule has 1 amide bonds. The van der Waals surface area contributed by atoms with Crippen LogP contribution in [-0.4, -0.2) is 81.4 Å². The van der Waals surface area contributed by atoms with Gasteiger partial charge in [-0.05, 0) is 37.5 Å². The molecular weight excluding hydrogens is 558 g/mol. The number of benzene rings is 1. The molecule has 1 aromatic carbocycles. The predicted octanol–water partition coefficient (Wildman–Crippen LogP) is 3.39. The molecule has 43 heavy (non-hydrogen) atoms. The van der Waals surface area contributed by atoms with Crippen LogP contribution >= 0.6 is 0 Å². The number of aromatic nitrogens is 5. The molecule has 2 N–H and O–H groups in total. The third-order valence-electron chi connectivity index (χ3n) is 9.77. The second kappa shape index (κ2) is 9.64. The Bertz CT molecular complexity index is 1740. The van der Waals surface area contributed by atoms with Gasteiger partial charge in [-0.15, -0.1) is 0 Å². The summed E-state index contributed by atoms with van der Waals surface area (Å²) in [7, 11) is 1.72. The highest BCUT2D eigenvalue weighted by Crippen LogP contribution is 2.53. The van der Waals surface area contributed by atoms with E-state index in [0.29, 0.717) is 53.7 Å². The molecule has 2 fully saturated rings. The van der Waals surface area contributed by atoms with E-state index >= 15 is 0 Å². The normalized spacial score (nSPS) is 24.1. The SMILES string of the molecule is CN1C(=O)c2cccc(OC(F)F)c2C2CC1c1nn3ccc(-c4cnc(N5CCC6(CC5)COCC6N)nc4)nc3c12. The Hall–Kier alpha value is -4.23. The number of piperidine rings is 1. The topological polar surface area (TPSA) is 124 Å². The third-order valence-corrected chi connectivity index (χ3v) is 9.77. The molecule has 4 aromatic rings. The number of alkyl halides is 2. The summed E-state index contributed by atoms with van der Waals surface area (Å²) in [5, 5.41) is 4.79. The van der Waals surface area contributed by atoms with E-state index in [1.54, 1.807) is 41.0 Å². The molecule has 3 atom stereocenters. The molecular formula is C30H30F2N8O3. The molecule has 3 unspecified atom stereocenters. The summed E-state index contributed by atoms with van der Waals surface area (Å²) in [5.74, 6) is 0.0225. The fraction of sp³-hybridized carbons (Fsp3) is 0.433. The van der Waals surface area contributed by atoms with Crippen LogP contribution in [0.3, 0.4) is 0 Å². The number of ether oxygens (including phenoxy) is 2. The molecule has 0 saturated carbocycles. The standard InChI is InChI=1S/C30H30F2N8O3/c1-38-20-11-18(23-17(27(38)41)3-2-4-21(23)43-28(31)32)24-25(20)37-40-8-5-19(36-26(24)40)16-12-34-29(35-13-16)39-9-6-30(7-10-39)15-42-14-22(30)33/h2-5,8,12-13,18,20,22,28H,6-7,9-11,14-15,33H2,1H3. The lowest BCUT2D eigenvalue weighted by molar-refractivity contribution is -0.0505. The van der Waals surface area contributed by atoms with E-state index in [-0.39, 0.29) is 29.2 Å². The summed E-state index contributed by atoms with van der Waals surface area (Å²) < 4.78 is 39.0. The van der Waals surface area contributed by atoms with Crippen molar-refractivity contribution in [3.8, 4) is 17.0 Å². The highest BCUT2D eigenvalue weighted by atomic mass is 19.3. The summed E-state index contributed by atoms with van der Waals surface area (Å²) in [6.45, 7) is -0.0387. The Morgan fingerprint density at radius 1 is 1.14 bits per heavy atom. The summed E-state index contributed by atoms with van der Waals surface area (Å²) in [6.07, 6.45) is 7.75. The molecule has 8 rings (SSSR count). The summed E-state index contributed by atoms with van der Waals surface area (Å²) >= 11 is 0. The number of nitrogens with zero attached hydrogens (tertiary/aromatic N) is 7. The van der Waals surface area contributed by atoms with Crippen molar-refractivity contribution in [3.63, 3.8) is 0 Å². The Morgan fingerprint density at radius 2 is 1.93 bits per heavy atom. The molecule has 4 aliphatic rings. The number of anilines is 1. The zero-order chi connectivity index (χ0) is 29.5. The zero-order valence-electron chi connectivity index (χ0n) is 23.5. The summed E-state index contributed by atoms with van der Waals surface area (Å²) in [4.78, 5) is 31.5. The monoisotopic (exact) mass is 588 g/mol. The van der Waals surface area contributed by atoms with Crippen LogP contribution in [0.2, 0.25) is 0 Å². The molecule has 3 aliphatic heterocycles. The number of carbonyl (C=O) groups excluding carboxylic acids is 1. The first kappa shape index (κ1) is 26.4. The van der Waals surface area contributed by atoms with Crippen LogP contribution in [0.5, 0.6) is 5.75 Å². The lowest BCUT2D eigenvalue weighted by atomic mass is 9.75. The molecule has 2 bridgehead atoms. The van der Waals surface area contributed by atoms with Gasteiger partial charge in [0.05, 0.1) is 30.6 Å². The van der Waals surface area contributed by atoms with Crippen molar-refractivity contribution in [3.05, 3.63) is 65.2 Å².